The van der Waals surface area contributed by atoms with E-state index >= 15 is 0 Å². The molecule has 3 aromatic carbocycles. The molecule has 0 bridgehead atoms. The Kier molecular flexibility index (Phi) is 7.20. The summed E-state index contributed by atoms with van der Waals surface area (Å²) in [4.78, 5) is 25.5. The Morgan fingerprint density at radius 1 is 1.02 bits per heavy atom. The number of carbonyl (C=O) groups excluding carboxylic acids is 2. The van der Waals surface area contributed by atoms with E-state index < -0.39 is 18.0 Å². The number of aromatic hydroxyl groups is 1. The maximum atomic E-state index is 13.0. The fraction of sp³-hybridized carbons (Fsp3) is 0.207. The van der Waals surface area contributed by atoms with Gasteiger partial charge in [0.2, 0.25) is 0 Å². The van der Waals surface area contributed by atoms with Gasteiger partial charge in [0.1, 0.15) is 11.5 Å². The number of rotatable bonds is 7. The van der Waals surface area contributed by atoms with Gasteiger partial charge in [-0.05, 0) is 67.8 Å². The number of aryl methyl sites for hydroxylation is 1. The predicted molar refractivity (Wildman–Crippen MR) is 141 cm³/mol. The van der Waals surface area contributed by atoms with Crippen LogP contribution in [0.25, 0.3) is 11.3 Å². The summed E-state index contributed by atoms with van der Waals surface area (Å²) in [6.07, 6.45) is -2.95. The smallest absolute Gasteiger partial charge is 0.507 e. The van der Waals surface area contributed by atoms with Gasteiger partial charge in [0.05, 0.1) is 11.4 Å². The highest BCUT2D eigenvalue weighted by atomic mass is 19.4. The van der Waals surface area contributed by atoms with E-state index in [1.54, 1.807) is 18.2 Å². The molecule has 0 spiro atoms. The highest BCUT2D eigenvalue weighted by molar-refractivity contribution is 6.04. The zero-order chi connectivity index (χ0) is 28.4. The summed E-state index contributed by atoms with van der Waals surface area (Å²) in [6, 6.07) is 18.2. The number of carbonyl (C=O) groups is 2. The van der Waals surface area contributed by atoms with Gasteiger partial charge in [0.25, 0.3) is 5.91 Å². The van der Waals surface area contributed by atoms with Crippen LogP contribution in [0.2, 0.25) is 0 Å². The Hall–Kier alpha value is -4.80. The molecule has 11 heteroatoms. The molecule has 8 nitrogen and oxygen atoms in total. The van der Waals surface area contributed by atoms with E-state index in [1.165, 1.54) is 22.9 Å². The van der Waals surface area contributed by atoms with Crippen LogP contribution in [-0.2, 0) is 6.54 Å². The maximum Gasteiger partial charge on any atom is 0.573 e. The molecule has 1 saturated carbocycles. The minimum Gasteiger partial charge on any atom is -0.507 e. The second-order valence-corrected chi connectivity index (χ2v) is 9.54. The van der Waals surface area contributed by atoms with Gasteiger partial charge in [0.15, 0.2) is 0 Å². The average Bonchev–Trinajstić information content (AvgIpc) is 3.66. The fourth-order valence-electron chi connectivity index (χ4n) is 4.16. The van der Waals surface area contributed by atoms with Crippen molar-refractivity contribution in [1.29, 1.82) is 0 Å². The van der Waals surface area contributed by atoms with Crippen LogP contribution in [0, 0.1) is 6.92 Å². The number of anilines is 1. The van der Waals surface area contributed by atoms with Gasteiger partial charge < -0.3 is 20.5 Å². The third-order valence-electron chi connectivity index (χ3n) is 6.37. The van der Waals surface area contributed by atoms with Crippen LogP contribution < -0.4 is 15.4 Å². The summed E-state index contributed by atoms with van der Waals surface area (Å²) in [5.74, 6) is -0.991. The molecular formula is C29H25F3N4O4. The Balaban J connectivity index is 1.29. The average molecular weight is 551 g/mol. The Bertz CT molecular complexity index is 1540. The summed E-state index contributed by atoms with van der Waals surface area (Å²) in [5, 5.41) is 20.7. The number of halogens is 3. The number of hydrogen-bond donors (Lipinski definition) is 3. The molecule has 40 heavy (non-hydrogen) atoms. The van der Waals surface area contributed by atoms with Crippen LogP contribution in [0.1, 0.15) is 45.9 Å². The first-order valence-corrected chi connectivity index (χ1v) is 12.5. The Labute approximate surface area is 227 Å². The minimum absolute atomic E-state index is 0.0996. The summed E-state index contributed by atoms with van der Waals surface area (Å²) in [5.41, 5.74) is 3.98. The molecule has 4 aromatic rings. The number of phenols is 1. The SMILES string of the molecule is Cc1ccc(CNC(=O)n2nc(-c3ccc(NC(=O)c4ccc(OC(F)(F)F)cc4)cc3O)cc2C2CC2)cc1. The van der Waals surface area contributed by atoms with Crippen LogP contribution in [0.5, 0.6) is 11.5 Å². The molecule has 0 radical (unpaired) electrons. The summed E-state index contributed by atoms with van der Waals surface area (Å²) < 4.78 is 42.2. The molecular weight excluding hydrogens is 525 g/mol. The molecule has 1 aliphatic rings. The van der Waals surface area contributed by atoms with E-state index in [0.29, 0.717) is 17.8 Å². The molecule has 1 fully saturated rings. The first-order valence-electron chi connectivity index (χ1n) is 12.5. The summed E-state index contributed by atoms with van der Waals surface area (Å²) in [7, 11) is 0. The van der Waals surface area contributed by atoms with Gasteiger partial charge in [-0.3, -0.25) is 4.79 Å². The lowest BCUT2D eigenvalue weighted by atomic mass is 10.1. The molecule has 3 N–H and O–H groups in total. The van der Waals surface area contributed by atoms with Gasteiger partial charge in [-0.2, -0.15) is 9.78 Å². The third kappa shape index (κ3) is 6.42. The van der Waals surface area contributed by atoms with E-state index in [2.05, 4.69) is 20.5 Å². The van der Waals surface area contributed by atoms with Crippen molar-refractivity contribution in [3.05, 3.63) is 95.2 Å². The van der Waals surface area contributed by atoms with E-state index in [-0.39, 0.29) is 28.9 Å². The number of hydrogen-bond acceptors (Lipinski definition) is 5. The number of aromatic nitrogens is 2. The van der Waals surface area contributed by atoms with Crippen molar-refractivity contribution in [3.8, 4) is 22.8 Å². The van der Waals surface area contributed by atoms with Crippen molar-refractivity contribution >= 4 is 17.6 Å². The molecule has 0 aliphatic heterocycles. The molecule has 206 valence electrons. The lowest BCUT2D eigenvalue weighted by Crippen LogP contribution is -2.30. The lowest BCUT2D eigenvalue weighted by molar-refractivity contribution is -0.274. The summed E-state index contributed by atoms with van der Waals surface area (Å²) in [6.45, 7) is 2.33. The van der Waals surface area contributed by atoms with E-state index in [4.69, 9.17) is 0 Å². The molecule has 5 rings (SSSR count). The Morgan fingerprint density at radius 2 is 1.73 bits per heavy atom. The standard InChI is InChI=1S/C29H25F3N4O4/c1-17-2-4-18(5-3-17)16-33-28(39)36-25(19-6-7-19)15-24(35-36)23-13-10-21(14-26(23)37)34-27(38)20-8-11-22(12-9-20)40-29(30,31)32/h2-5,8-15,19,37H,6-7,16H2,1H3,(H,33,39)(H,34,38). The molecule has 0 saturated heterocycles. The molecule has 0 unspecified atom stereocenters. The van der Waals surface area contributed by atoms with Gasteiger partial charge in [-0.25, -0.2) is 4.79 Å². The topological polar surface area (TPSA) is 105 Å². The van der Waals surface area contributed by atoms with Crippen molar-refractivity contribution in [3.63, 3.8) is 0 Å². The number of phenolic OH excluding ortho intramolecular Hbond substituents is 1. The zero-order valence-corrected chi connectivity index (χ0v) is 21.3. The first kappa shape index (κ1) is 26.8. The quantitative estimate of drug-likeness (QED) is 0.249. The van der Waals surface area contributed by atoms with Crippen LogP contribution in [0.15, 0.2) is 72.8 Å². The van der Waals surface area contributed by atoms with E-state index in [9.17, 15) is 27.9 Å². The van der Waals surface area contributed by atoms with Gasteiger partial charge in [-0.1, -0.05) is 29.8 Å². The lowest BCUT2D eigenvalue weighted by Gasteiger charge is -2.10. The molecule has 2 amide bonds. The fourth-order valence-corrected chi connectivity index (χ4v) is 4.16. The third-order valence-corrected chi connectivity index (χ3v) is 6.37. The van der Waals surface area contributed by atoms with Crippen LogP contribution in [-0.4, -0.2) is 33.2 Å². The summed E-state index contributed by atoms with van der Waals surface area (Å²) >= 11 is 0. The number of nitrogens with one attached hydrogen (secondary N) is 2. The first-order chi connectivity index (χ1) is 19.1. The number of nitrogens with zero attached hydrogens (tertiary/aromatic N) is 2. The van der Waals surface area contributed by atoms with Crippen molar-refractivity contribution < 1.29 is 32.6 Å². The number of alkyl halides is 3. The highest BCUT2D eigenvalue weighted by Gasteiger charge is 2.32. The molecule has 0 atom stereocenters. The van der Waals surface area contributed by atoms with Gasteiger partial charge >= 0.3 is 12.4 Å². The second kappa shape index (κ2) is 10.8. The van der Waals surface area contributed by atoms with Gasteiger partial charge in [-0.15, -0.1) is 13.2 Å². The molecule has 1 aliphatic carbocycles. The van der Waals surface area contributed by atoms with Crippen LogP contribution >= 0.6 is 0 Å². The van der Waals surface area contributed by atoms with Crippen molar-refractivity contribution in [1.82, 2.24) is 15.1 Å². The number of amides is 2. The van der Waals surface area contributed by atoms with Gasteiger partial charge in [0, 0.05) is 35.3 Å². The minimum atomic E-state index is -4.83. The van der Waals surface area contributed by atoms with E-state index in [1.807, 2.05) is 31.2 Å². The van der Waals surface area contributed by atoms with Crippen molar-refractivity contribution in [2.24, 2.45) is 0 Å². The largest absolute Gasteiger partial charge is 0.573 e. The van der Waals surface area contributed by atoms with Crippen molar-refractivity contribution in [2.45, 2.75) is 38.6 Å². The van der Waals surface area contributed by atoms with Crippen LogP contribution in [0.4, 0.5) is 23.7 Å². The Morgan fingerprint density at radius 3 is 2.35 bits per heavy atom. The second-order valence-electron chi connectivity index (χ2n) is 9.54. The van der Waals surface area contributed by atoms with E-state index in [0.717, 1.165) is 41.8 Å². The van der Waals surface area contributed by atoms with Crippen molar-refractivity contribution in [2.75, 3.05) is 5.32 Å². The normalized spacial score (nSPS) is 13.1. The monoisotopic (exact) mass is 550 g/mol. The van der Waals surface area contributed by atoms with Crippen LogP contribution in [0.3, 0.4) is 0 Å². The molecule has 1 aromatic heterocycles. The maximum absolute atomic E-state index is 13.0. The predicted octanol–water partition coefficient (Wildman–Crippen LogP) is 6.35. The number of benzene rings is 3. The number of ether oxygens (including phenoxy) is 1. The zero-order valence-electron chi connectivity index (χ0n) is 21.3. The highest BCUT2D eigenvalue weighted by Crippen LogP contribution is 2.42. The molecule has 1 heterocycles.